The molecular formula is C15H14FNO5. The van der Waals surface area contributed by atoms with Crippen molar-refractivity contribution in [3.8, 4) is 22.8 Å². The Morgan fingerprint density at radius 1 is 1.27 bits per heavy atom. The van der Waals surface area contributed by atoms with Crippen LogP contribution >= 0.6 is 0 Å². The number of fused-ring (bicyclic) bond motifs is 1. The molecule has 0 spiro atoms. The van der Waals surface area contributed by atoms with Crippen LogP contribution in [0.2, 0.25) is 0 Å². The zero-order chi connectivity index (χ0) is 15.9. The first kappa shape index (κ1) is 14.4. The van der Waals surface area contributed by atoms with E-state index in [4.69, 9.17) is 19.1 Å². The molecule has 0 aliphatic carbocycles. The number of aromatic nitrogens is 1. The van der Waals surface area contributed by atoms with Crippen LogP contribution in [0.1, 0.15) is 29.9 Å². The Kier molecular flexibility index (Phi) is 3.27. The lowest BCUT2D eigenvalue weighted by Crippen LogP contribution is -2.18. The molecule has 116 valence electrons. The fourth-order valence-electron chi connectivity index (χ4n) is 2.18. The second kappa shape index (κ2) is 5.01. The summed E-state index contributed by atoms with van der Waals surface area (Å²) in [6, 6.07) is 4.40. The van der Waals surface area contributed by atoms with Crippen molar-refractivity contribution < 1.29 is 28.3 Å². The van der Waals surface area contributed by atoms with Gasteiger partial charge >= 0.3 is 5.97 Å². The number of halogens is 1. The molecule has 2 aromatic rings. The van der Waals surface area contributed by atoms with Crippen molar-refractivity contribution in [1.29, 1.82) is 0 Å². The molecule has 7 heteroatoms. The predicted octanol–water partition coefficient (Wildman–Crippen LogP) is 3.02. The molecule has 0 atom stereocenters. The van der Waals surface area contributed by atoms with E-state index in [1.54, 1.807) is 12.1 Å². The number of hydrogen-bond acceptors (Lipinski definition) is 5. The largest absolute Gasteiger partial charge is 0.486 e. The second-order valence-electron chi connectivity index (χ2n) is 5.40. The lowest BCUT2D eigenvalue weighted by Gasteiger charge is -2.24. The summed E-state index contributed by atoms with van der Waals surface area (Å²) in [4.78, 5) is 10.9. The van der Waals surface area contributed by atoms with Crippen LogP contribution in [-0.4, -0.2) is 29.4 Å². The molecule has 1 aromatic heterocycles. The number of alkyl halides is 1. The van der Waals surface area contributed by atoms with Crippen molar-refractivity contribution in [3.05, 3.63) is 29.5 Å². The van der Waals surface area contributed by atoms with Gasteiger partial charge in [-0.1, -0.05) is 5.16 Å². The smallest absolute Gasteiger partial charge is 0.358 e. The number of aromatic carboxylic acids is 1. The highest BCUT2D eigenvalue weighted by Gasteiger charge is 2.27. The van der Waals surface area contributed by atoms with Gasteiger partial charge in [-0.25, -0.2) is 9.18 Å². The molecule has 1 aliphatic rings. The summed E-state index contributed by atoms with van der Waals surface area (Å²) >= 11 is 0. The van der Waals surface area contributed by atoms with Crippen LogP contribution in [0.15, 0.2) is 22.7 Å². The van der Waals surface area contributed by atoms with Gasteiger partial charge in [0.15, 0.2) is 23.0 Å². The highest BCUT2D eigenvalue weighted by Crippen LogP contribution is 2.44. The van der Waals surface area contributed by atoms with E-state index in [0.29, 0.717) is 35.8 Å². The number of nitrogens with zero attached hydrogens (tertiary/aromatic N) is 1. The minimum atomic E-state index is -1.60. The van der Waals surface area contributed by atoms with Gasteiger partial charge in [-0.2, -0.15) is 0 Å². The summed E-state index contributed by atoms with van der Waals surface area (Å²) in [5.74, 6) is -0.224. The second-order valence-corrected chi connectivity index (χ2v) is 5.40. The average molecular weight is 307 g/mol. The van der Waals surface area contributed by atoms with Gasteiger partial charge in [-0.05, 0) is 31.5 Å². The Bertz CT molecular complexity index is 732. The fraction of sp³-hybridized carbons (Fsp3) is 0.333. The number of carboxylic acid groups (broad SMARTS) is 1. The van der Waals surface area contributed by atoms with Gasteiger partial charge in [0.1, 0.15) is 18.9 Å². The van der Waals surface area contributed by atoms with Crippen molar-refractivity contribution in [1.82, 2.24) is 5.16 Å². The molecule has 1 aromatic carbocycles. The molecule has 0 saturated heterocycles. The maximum Gasteiger partial charge on any atom is 0.358 e. The highest BCUT2D eigenvalue weighted by atomic mass is 19.1. The van der Waals surface area contributed by atoms with E-state index in [1.165, 1.54) is 19.9 Å². The molecule has 3 rings (SSSR count). The quantitative estimate of drug-likeness (QED) is 0.938. The molecule has 1 N–H and O–H groups in total. The van der Waals surface area contributed by atoms with Gasteiger partial charge in [0.25, 0.3) is 0 Å². The maximum absolute atomic E-state index is 14.3. The molecule has 1 aliphatic heterocycles. The third-order valence-electron chi connectivity index (χ3n) is 3.32. The first-order valence-electron chi connectivity index (χ1n) is 6.69. The fourth-order valence-corrected chi connectivity index (χ4v) is 2.18. The lowest BCUT2D eigenvalue weighted by molar-refractivity contribution is 0.0686. The summed E-state index contributed by atoms with van der Waals surface area (Å²) in [5, 5.41) is 12.4. The SMILES string of the molecule is CC(C)(F)c1cc2c(c(-c3cc(C(=O)O)no3)c1)OCCO2. The molecule has 0 amide bonds. The van der Waals surface area contributed by atoms with Crippen LogP contribution in [0, 0.1) is 0 Å². The third kappa shape index (κ3) is 2.49. The first-order chi connectivity index (χ1) is 10.4. The standard InChI is InChI=1S/C15H14FNO5/c1-15(2,16)8-5-9(11-7-10(14(18)19)17-22-11)13-12(6-8)20-3-4-21-13/h5-7H,3-4H2,1-2H3,(H,18,19). The summed E-state index contributed by atoms with van der Waals surface area (Å²) < 4.78 is 30.4. The number of hydrogen-bond donors (Lipinski definition) is 1. The van der Waals surface area contributed by atoms with Crippen LogP contribution in [0.3, 0.4) is 0 Å². The van der Waals surface area contributed by atoms with E-state index in [0.717, 1.165) is 0 Å². The Labute approximate surface area is 125 Å². The summed E-state index contributed by atoms with van der Waals surface area (Å²) in [7, 11) is 0. The Balaban J connectivity index is 2.17. The normalized spacial score (nSPS) is 14.0. The number of carboxylic acids is 1. The van der Waals surface area contributed by atoms with Crippen molar-refractivity contribution >= 4 is 5.97 Å². The third-order valence-corrected chi connectivity index (χ3v) is 3.32. The molecule has 22 heavy (non-hydrogen) atoms. The van der Waals surface area contributed by atoms with Gasteiger partial charge in [-0.15, -0.1) is 0 Å². The molecular weight excluding hydrogens is 293 g/mol. The van der Waals surface area contributed by atoms with E-state index < -0.39 is 11.6 Å². The van der Waals surface area contributed by atoms with Crippen LogP contribution in [-0.2, 0) is 5.67 Å². The molecule has 0 fully saturated rings. The molecule has 0 saturated carbocycles. The van der Waals surface area contributed by atoms with Gasteiger partial charge in [0, 0.05) is 6.07 Å². The number of carbonyl (C=O) groups is 1. The van der Waals surface area contributed by atoms with E-state index in [9.17, 15) is 9.18 Å². The van der Waals surface area contributed by atoms with Gasteiger partial charge in [0.05, 0.1) is 5.56 Å². The van der Waals surface area contributed by atoms with Crippen molar-refractivity contribution in [2.45, 2.75) is 19.5 Å². The molecule has 0 unspecified atom stereocenters. The van der Waals surface area contributed by atoms with E-state index in [1.807, 2.05) is 0 Å². The molecule has 2 heterocycles. The monoisotopic (exact) mass is 307 g/mol. The van der Waals surface area contributed by atoms with Gasteiger partial charge in [0.2, 0.25) is 0 Å². The van der Waals surface area contributed by atoms with Crippen molar-refractivity contribution in [2.75, 3.05) is 13.2 Å². The Morgan fingerprint density at radius 3 is 2.64 bits per heavy atom. The zero-order valence-electron chi connectivity index (χ0n) is 12.1. The summed E-state index contributed by atoms with van der Waals surface area (Å²) in [6.45, 7) is 3.55. The van der Waals surface area contributed by atoms with Crippen LogP contribution in [0.5, 0.6) is 11.5 Å². The van der Waals surface area contributed by atoms with Crippen molar-refractivity contribution in [3.63, 3.8) is 0 Å². The molecule has 0 radical (unpaired) electrons. The minimum Gasteiger partial charge on any atom is -0.486 e. The summed E-state index contributed by atoms with van der Waals surface area (Å²) in [5.41, 5.74) is -1.04. The van der Waals surface area contributed by atoms with Crippen LogP contribution < -0.4 is 9.47 Å². The van der Waals surface area contributed by atoms with Crippen LogP contribution in [0.25, 0.3) is 11.3 Å². The highest BCUT2D eigenvalue weighted by molar-refractivity contribution is 5.87. The zero-order valence-corrected chi connectivity index (χ0v) is 12.1. The first-order valence-corrected chi connectivity index (χ1v) is 6.69. The Morgan fingerprint density at radius 2 is 2.00 bits per heavy atom. The van der Waals surface area contributed by atoms with E-state index >= 15 is 0 Å². The van der Waals surface area contributed by atoms with E-state index in [2.05, 4.69) is 5.16 Å². The molecule has 0 bridgehead atoms. The topological polar surface area (TPSA) is 81.8 Å². The van der Waals surface area contributed by atoms with Gasteiger partial charge < -0.3 is 19.1 Å². The van der Waals surface area contributed by atoms with Crippen molar-refractivity contribution in [2.24, 2.45) is 0 Å². The van der Waals surface area contributed by atoms with Gasteiger partial charge in [-0.3, -0.25) is 0 Å². The molecule has 6 nitrogen and oxygen atoms in total. The maximum atomic E-state index is 14.3. The summed E-state index contributed by atoms with van der Waals surface area (Å²) in [6.07, 6.45) is 0. The lowest BCUT2D eigenvalue weighted by atomic mass is 9.96. The average Bonchev–Trinajstić information content (AvgIpc) is 2.95. The minimum absolute atomic E-state index is 0.185. The number of ether oxygens (including phenoxy) is 2. The number of rotatable bonds is 3. The van der Waals surface area contributed by atoms with E-state index in [-0.39, 0.29) is 11.5 Å². The predicted molar refractivity (Wildman–Crippen MR) is 74.0 cm³/mol. The Hall–Kier alpha value is -2.57. The number of benzene rings is 1. The van der Waals surface area contributed by atoms with Crippen LogP contribution in [0.4, 0.5) is 4.39 Å².